The second kappa shape index (κ2) is 12.0. The molecule has 0 aliphatic rings. The van der Waals surface area contributed by atoms with Crippen LogP contribution in [0.1, 0.15) is 11.1 Å². The number of nitrogens with zero attached hydrogens (tertiary/aromatic N) is 1. The number of carbonyl (C=O) groups excluding carboxylic acids is 1. The van der Waals surface area contributed by atoms with Crippen LogP contribution in [0, 0.1) is 0 Å². The van der Waals surface area contributed by atoms with Gasteiger partial charge >= 0.3 is 0 Å². The smallest absolute Gasteiger partial charge is 0.271 e. The summed E-state index contributed by atoms with van der Waals surface area (Å²) in [6.45, 7) is 0.412. The predicted molar refractivity (Wildman–Crippen MR) is 139 cm³/mol. The van der Waals surface area contributed by atoms with Gasteiger partial charge in [-0.2, -0.15) is 0 Å². The maximum absolute atomic E-state index is 12.7. The zero-order valence-corrected chi connectivity index (χ0v) is 19.9. The number of anilines is 2. The summed E-state index contributed by atoms with van der Waals surface area (Å²) in [6.07, 6.45) is 3.43. The van der Waals surface area contributed by atoms with E-state index < -0.39 is 5.91 Å². The topological polar surface area (TPSA) is 88.7 Å². The molecule has 3 aromatic carbocycles. The monoisotopic (exact) mass is 480 g/mol. The van der Waals surface area contributed by atoms with E-state index in [-0.39, 0.29) is 5.70 Å². The van der Waals surface area contributed by atoms with Gasteiger partial charge in [-0.1, -0.05) is 66.0 Å². The van der Waals surface area contributed by atoms with Crippen LogP contribution in [0.5, 0.6) is 5.75 Å². The maximum Gasteiger partial charge on any atom is 0.271 e. The van der Waals surface area contributed by atoms with Gasteiger partial charge in [0.25, 0.3) is 5.91 Å². The zero-order chi connectivity index (χ0) is 23.6. The minimum atomic E-state index is -0.462. The molecule has 4 N–H and O–H groups in total. The van der Waals surface area contributed by atoms with E-state index in [0.717, 1.165) is 16.8 Å². The number of hydrogen-bond acceptors (Lipinski definition) is 6. The van der Waals surface area contributed by atoms with E-state index in [0.29, 0.717) is 28.8 Å². The molecular formula is C25H25ClN4O2S. The van der Waals surface area contributed by atoms with Crippen LogP contribution >= 0.6 is 23.5 Å². The molecule has 0 aromatic heterocycles. The van der Waals surface area contributed by atoms with Gasteiger partial charge in [-0.15, -0.1) is 0 Å². The molecule has 0 spiro atoms. The van der Waals surface area contributed by atoms with Crippen molar-refractivity contribution in [1.82, 2.24) is 0 Å². The quantitative estimate of drug-likeness (QED) is 0.213. The first-order chi connectivity index (χ1) is 16.0. The number of benzene rings is 3. The molecule has 8 heteroatoms. The number of nitrogens with two attached hydrogens (primary N) is 1. The zero-order valence-electron chi connectivity index (χ0n) is 18.3. The van der Waals surface area contributed by atoms with Crippen molar-refractivity contribution in [3.63, 3.8) is 0 Å². The third-order valence-electron chi connectivity index (χ3n) is 4.57. The van der Waals surface area contributed by atoms with Crippen LogP contribution in [0.25, 0.3) is 0 Å². The van der Waals surface area contributed by atoms with Crippen molar-refractivity contribution < 1.29 is 9.53 Å². The molecule has 33 heavy (non-hydrogen) atoms. The Kier molecular flexibility index (Phi) is 8.80. The van der Waals surface area contributed by atoms with Gasteiger partial charge < -0.3 is 20.5 Å². The van der Waals surface area contributed by atoms with Gasteiger partial charge in [-0.05, 0) is 42.0 Å². The molecule has 0 aliphatic carbocycles. The number of ether oxygens (including phenoxy) is 1. The van der Waals surface area contributed by atoms with Gasteiger partial charge in [-0.3, -0.25) is 9.79 Å². The average Bonchev–Trinajstić information content (AvgIpc) is 2.82. The summed E-state index contributed by atoms with van der Waals surface area (Å²) < 4.78 is 9.10. The van der Waals surface area contributed by atoms with Crippen molar-refractivity contribution in [3.8, 4) is 5.75 Å². The molecule has 0 radical (unpaired) electrons. The van der Waals surface area contributed by atoms with Gasteiger partial charge in [0.1, 0.15) is 12.4 Å². The van der Waals surface area contributed by atoms with Crippen LogP contribution in [0.3, 0.4) is 0 Å². The third kappa shape index (κ3) is 7.03. The minimum Gasteiger partial charge on any atom is -0.488 e. The molecule has 0 bridgehead atoms. The molecule has 0 unspecified atom stereocenters. The van der Waals surface area contributed by atoms with Crippen LogP contribution in [-0.2, 0) is 11.4 Å². The predicted octanol–water partition coefficient (Wildman–Crippen LogP) is 5.51. The Morgan fingerprint density at radius 2 is 1.79 bits per heavy atom. The Bertz CT molecular complexity index is 1170. The summed E-state index contributed by atoms with van der Waals surface area (Å²) in [7, 11) is 1.64. The number of rotatable bonds is 9. The summed E-state index contributed by atoms with van der Waals surface area (Å²) in [6, 6.07) is 22.6. The number of halogens is 1. The summed E-state index contributed by atoms with van der Waals surface area (Å²) >= 11 is 7.57. The minimum absolute atomic E-state index is 0.00723. The van der Waals surface area contributed by atoms with Crippen LogP contribution < -0.4 is 20.5 Å². The Morgan fingerprint density at radius 3 is 2.52 bits per heavy atom. The number of aliphatic imine (C=N–C) groups is 1. The molecule has 1 amide bonds. The number of hydrogen-bond donors (Lipinski definition) is 3. The largest absolute Gasteiger partial charge is 0.488 e. The molecule has 0 aliphatic heterocycles. The Hall–Kier alpha value is -3.42. The molecule has 170 valence electrons. The summed E-state index contributed by atoms with van der Waals surface area (Å²) in [5.41, 5.74) is 9.73. The fourth-order valence-corrected chi connectivity index (χ4v) is 3.65. The molecule has 0 saturated carbocycles. The Balaban J connectivity index is 1.77. The fourth-order valence-electron chi connectivity index (χ4n) is 3.06. The van der Waals surface area contributed by atoms with Crippen molar-refractivity contribution in [1.29, 1.82) is 0 Å². The van der Waals surface area contributed by atoms with Crippen molar-refractivity contribution >= 4 is 46.5 Å². The van der Waals surface area contributed by atoms with Crippen molar-refractivity contribution in [3.05, 3.63) is 101 Å². The first-order valence-corrected chi connectivity index (χ1v) is 11.7. The molecule has 3 rings (SSSR count). The number of amides is 1. The van der Waals surface area contributed by atoms with E-state index in [9.17, 15) is 4.79 Å². The maximum atomic E-state index is 12.7. The van der Waals surface area contributed by atoms with Gasteiger partial charge in [0, 0.05) is 35.3 Å². The summed E-state index contributed by atoms with van der Waals surface area (Å²) in [5.74, 6) is 0.185. The first kappa shape index (κ1) is 24.2. The van der Waals surface area contributed by atoms with Gasteiger partial charge in [0.2, 0.25) is 0 Å². The van der Waals surface area contributed by atoms with E-state index in [2.05, 4.69) is 15.0 Å². The highest BCUT2D eigenvalue weighted by Gasteiger charge is 2.13. The SMILES string of the molecule is CN=C(C=C(N)C(=O)Nc1cc(Cl)cc(NSC)c1)c1ccccc1OCc1ccccc1. The van der Waals surface area contributed by atoms with Crippen LogP contribution in [0.4, 0.5) is 11.4 Å². The Morgan fingerprint density at radius 1 is 1.09 bits per heavy atom. The number of carbonyl (C=O) groups is 1. The van der Waals surface area contributed by atoms with Gasteiger partial charge in [-0.25, -0.2) is 0 Å². The first-order valence-electron chi connectivity index (χ1n) is 10.1. The molecule has 0 fully saturated rings. The lowest BCUT2D eigenvalue weighted by Gasteiger charge is -2.13. The van der Waals surface area contributed by atoms with Crippen molar-refractivity contribution in [2.24, 2.45) is 10.7 Å². The lowest BCUT2D eigenvalue weighted by Crippen LogP contribution is -2.21. The van der Waals surface area contributed by atoms with E-state index in [1.165, 1.54) is 18.0 Å². The normalized spacial score (nSPS) is 11.7. The second-order valence-corrected chi connectivity index (χ2v) is 8.02. The van der Waals surface area contributed by atoms with Gasteiger partial charge in [0.15, 0.2) is 0 Å². The highest BCUT2D eigenvalue weighted by molar-refractivity contribution is 7.99. The highest BCUT2D eigenvalue weighted by atomic mass is 35.5. The standard InChI is InChI=1S/C25H25ClN4O2S/c1-28-23(21-10-6-7-11-24(21)32-16-17-8-4-3-5-9-17)15-22(27)25(31)29-19-12-18(26)13-20(14-19)30-33-2/h3-15,30H,16,27H2,1-2H3,(H,29,31). The van der Waals surface area contributed by atoms with Crippen LogP contribution in [0.15, 0.2) is 89.6 Å². The Labute approximate surface area is 203 Å². The third-order valence-corrected chi connectivity index (χ3v) is 5.23. The summed E-state index contributed by atoms with van der Waals surface area (Å²) in [4.78, 5) is 17.0. The molecule has 6 nitrogen and oxygen atoms in total. The fraction of sp³-hybridized carbons (Fsp3) is 0.120. The molecular weight excluding hydrogens is 456 g/mol. The van der Waals surface area contributed by atoms with Crippen LogP contribution in [-0.4, -0.2) is 24.9 Å². The van der Waals surface area contributed by atoms with Crippen LogP contribution in [0.2, 0.25) is 5.02 Å². The summed E-state index contributed by atoms with van der Waals surface area (Å²) in [5, 5.41) is 3.26. The van der Waals surface area contributed by atoms with Crippen molar-refractivity contribution in [2.75, 3.05) is 23.3 Å². The van der Waals surface area contributed by atoms with E-state index >= 15 is 0 Å². The lowest BCUT2D eigenvalue weighted by molar-refractivity contribution is -0.112. The number of para-hydroxylation sites is 1. The molecule has 0 heterocycles. The highest BCUT2D eigenvalue weighted by Crippen LogP contribution is 2.25. The number of nitrogens with one attached hydrogen (secondary N) is 2. The van der Waals surface area contributed by atoms with Gasteiger partial charge in [0.05, 0.1) is 11.4 Å². The average molecular weight is 481 g/mol. The van der Waals surface area contributed by atoms with Crippen molar-refractivity contribution in [2.45, 2.75) is 6.61 Å². The van der Waals surface area contributed by atoms with E-state index in [4.69, 9.17) is 22.1 Å². The molecule has 3 aromatic rings. The molecule has 0 saturated heterocycles. The molecule has 0 atom stereocenters. The second-order valence-electron chi connectivity index (χ2n) is 6.97. The van der Waals surface area contributed by atoms with E-state index in [1.807, 2.05) is 60.9 Å². The number of allylic oxidation sites excluding steroid dienone is 1. The lowest BCUT2D eigenvalue weighted by atomic mass is 10.1. The van der Waals surface area contributed by atoms with E-state index in [1.54, 1.807) is 25.2 Å².